The van der Waals surface area contributed by atoms with Crippen molar-refractivity contribution in [3.05, 3.63) is 24.0 Å². The van der Waals surface area contributed by atoms with Crippen molar-refractivity contribution in [2.24, 2.45) is 0 Å². The maximum atomic E-state index is 12.9. The molecule has 1 aliphatic heterocycles. The Balaban J connectivity index is 1.98. The van der Waals surface area contributed by atoms with E-state index in [0.29, 0.717) is 0 Å². The molecule has 1 amide bonds. The van der Waals surface area contributed by atoms with Crippen LogP contribution in [0.1, 0.15) is 31.6 Å². The average molecular weight is 334 g/mol. The topological polar surface area (TPSA) is 91.7 Å². The first-order chi connectivity index (χ1) is 10.7. The van der Waals surface area contributed by atoms with Crippen LogP contribution in [0.15, 0.2) is 18.3 Å². The van der Waals surface area contributed by atoms with Crippen molar-refractivity contribution < 1.29 is 32.9 Å². The molecule has 0 bridgehead atoms. The Labute approximate surface area is 130 Å². The lowest BCUT2D eigenvalue weighted by atomic mass is 10.0. The van der Waals surface area contributed by atoms with Crippen LogP contribution in [0.2, 0.25) is 0 Å². The number of rotatable bonds is 4. The number of aliphatic hydroxyl groups is 2. The molecule has 0 spiro atoms. The molecule has 0 aliphatic carbocycles. The average Bonchev–Trinajstić information content (AvgIpc) is 2.91. The van der Waals surface area contributed by atoms with E-state index in [2.05, 4.69) is 10.3 Å². The van der Waals surface area contributed by atoms with E-state index in [1.807, 2.05) is 0 Å². The summed E-state index contributed by atoms with van der Waals surface area (Å²) in [6.07, 6.45) is -5.93. The lowest BCUT2D eigenvalue weighted by Crippen LogP contribution is -2.43. The number of pyridine rings is 1. The standard InChI is InChI=1S/C14H17F3N2O4/c1-13(14(15,16)17)5-4-11(23-13)12(22)19-8-2-3-9(18-6-8)10(21)7-20/h2-3,6,10-11,20-21H,4-5,7H2,1H3,(H,19,22)/t10-,11?,13+/m0/s1. The minimum absolute atomic E-state index is 0.0312. The number of hydrogen-bond donors (Lipinski definition) is 3. The normalized spacial score (nSPS) is 26.1. The van der Waals surface area contributed by atoms with Gasteiger partial charge in [-0.3, -0.25) is 9.78 Å². The molecular weight excluding hydrogens is 317 g/mol. The smallest absolute Gasteiger partial charge is 0.393 e. The van der Waals surface area contributed by atoms with Crippen LogP contribution < -0.4 is 5.32 Å². The molecule has 23 heavy (non-hydrogen) atoms. The highest BCUT2D eigenvalue weighted by Gasteiger charge is 2.57. The Morgan fingerprint density at radius 1 is 1.57 bits per heavy atom. The zero-order chi connectivity index (χ0) is 17.3. The number of alkyl halides is 3. The van der Waals surface area contributed by atoms with E-state index < -0.39 is 36.5 Å². The van der Waals surface area contributed by atoms with E-state index in [4.69, 9.17) is 9.84 Å². The second-order valence-corrected chi connectivity index (χ2v) is 5.53. The predicted octanol–water partition coefficient (Wildman–Crippen LogP) is 1.55. The van der Waals surface area contributed by atoms with Gasteiger partial charge in [-0.15, -0.1) is 0 Å². The van der Waals surface area contributed by atoms with Crippen LogP contribution in [0, 0.1) is 0 Å². The highest BCUT2D eigenvalue weighted by molar-refractivity contribution is 5.94. The molecule has 128 valence electrons. The van der Waals surface area contributed by atoms with Gasteiger partial charge in [-0.05, 0) is 31.9 Å². The van der Waals surface area contributed by atoms with Gasteiger partial charge in [0.15, 0.2) is 5.60 Å². The van der Waals surface area contributed by atoms with Gasteiger partial charge < -0.3 is 20.3 Å². The van der Waals surface area contributed by atoms with Gasteiger partial charge in [0.1, 0.15) is 12.2 Å². The highest BCUT2D eigenvalue weighted by atomic mass is 19.4. The molecule has 0 saturated carbocycles. The summed E-state index contributed by atoms with van der Waals surface area (Å²) in [7, 11) is 0. The molecule has 1 aromatic rings. The lowest BCUT2D eigenvalue weighted by Gasteiger charge is -2.27. The van der Waals surface area contributed by atoms with Crippen molar-refractivity contribution in [1.82, 2.24) is 4.98 Å². The number of nitrogens with one attached hydrogen (secondary N) is 1. The number of aromatic nitrogens is 1. The quantitative estimate of drug-likeness (QED) is 0.777. The molecular formula is C14H17F3N2O4. The van der Waals surface area contributed by atoms with Gasteiger partial charge >= 0.3 is 6.18 Å². The Kier molecular flexibility index (Phi) is 4.92. The van der Waals surface area contributed by atoms with Crippen LogP contribution in [0.25, 0.3) is 0 Å². The first-order valence-corrected chi connectivity index (χ1v) is 6.96. The zero-order valence-corrected chi connectivity index (χ0v) is 12.3. The predicted molar refractivity (Wildman–Crippen MR) is 73.5 cm³/mol. The van der Waals surface area contributed by atoms with Gasteiger partial charge in [0, 0.05) is 0 Å². The summed E-state index contributed by atoms with van der Waals surface area (Å²) in [6.45, 7) is 0.428. The molecule has 2 heterocycles. The monoisotopic (exact) mass is 334 g/mol. The summed E-state index contributed by atoms with van der Waals surface area (Å²) < 4.78 is 43.5. The first kappa shape index (κ1) is 17.6. The Morgan fingerprint density at radius 3 is 2.74 bits per heavy atom. The molecule has 1 fully saturated rings. The number of carbonyl (C=O) groups excluding carboxylic acids is 1. The number of hydrogen-bond acceptors (Lipinski definition) is 5. The van der Waals surface area contributed by atoms with Crippen molar-refractivity contribution in [2.45, 2.75) is 43.8 Å². The van der Waals surface area contributed by atoms with E-state index in [0.717, 1.165) is 6.92 Å². The van der Waals surface area contributed by atoms with E-state index >= 15 is 0 Å². The van der Waals surface area contributed by atoms with Crippen LogP contribution in [0.5, 0.6) is 0 Å². The van der Waals surface area contributed by atoms with Gasteiger partial charge in [0.05, 0.1) is 24.2 Å². The van der Waals surface area contributed by atoms with Gasteiger partial charge in [0.25, 0.3) is 5.91 Å². The maximum Gasteiger partial charge on any atom is 0.417 e. The Bertz CT molecular complexity index is 564. The molecule has 1 saturated heterocycles. The van der Waals surface area contributed by atoms with Crippen molar-refractivity contribution >= 4 is 11.6 Å². The van der Waals surface area contributed by atoms with E-state index in [9.17, 15) is 23.1 Å². The van der Waals surface area contributed by atoms with Crippen LogP contribution in [-0.4, -0.2) is 45.6 Å². The van der Waals surface area contributed by atoms with Crippen LogP contribution >= 0.6 is 0 Å². The van der Waals surface area contributed by atoms with E-state index in [1.165, 1.54) is 18.3 Å². The number of amides is 1. The summed E-state index contributed by atoms with van der Waals surface area (Å²) in [5.74, 6) is -0.685. The first-order valence-electron chi connectivity index (χ1n) is 6.96. The molecule has 0 aromatic carbocycles. The molecule has 1 unspecified atom stereocenters. The maximum absolute atomic E-state index is 12.9. The third kappa shape index (κ3) is 3.80. The molecule has 3 atom stereocenters. The van der Waals surface area contributed by atoms with Gasteiger partial charge in [-0.1, -0.05) is 0 Å². The molecule has 3 N–H and O–H groups in total. The summed E-state index contributed by atoms with van der Waals surface area (Å²) in [5.41, 5.74) is -1.84. The van der Waals surface area contributed by atoms with Crippen molar-refractivity contribution in [2.75, 3.05) is 11.9 Å². The summed E-state index contributed by atoms with van der Waals surface area (Å²) >= 11 is 0. The number of aliphatic hydroxyl groups excluding tert-OH is 2. The second-order valence-electron chi connectivity index (χ2n) is 5.53. The second kappa shape index (κ2) is 6.42. The van der Waals surface area contributed by atoms with E-state index in [1.54, 1.807) is 0 Å². The van der Waals surface area contributed by atoms with Gasteiger partial charge in [-0.2, -0.15) is 13.2 Å². The number of anilines is 1. The molecule has 1 aromatic heterocycles. The van der Waals surface area contributed by atoms with Crippen molar-refractivity contribution in [3.8, 4) is 0 Å². The number of halogens is 3. The summed E-state index contributed by atoms with van der Waals surface area (Å²) in [6, 6.07) is 2.82. The van der Waals surface area contributed by atoms with Crippen LogP contribution in [-0.2, 0) is 9.53 Å². The van der Waals surface area contributed by atoms with Crippen LogP contribution in [0.4, 0.5) is 18.9 Å². The van der Waals surface area contributed by atoms with Crippen molar-refractivity contribution in [3.63, 3.8) is 0 Å². The van der Waals surface area contributed by atoms with Crippen LogP contribution in [0.3, 0.4) is 0 Å². The minimum atomic E-state index is -4.54. The molecule has 6 nitrogen and oxygen atoms in total. The largest absolute Gasteiger partial charge is 0.417 e. The van der Waals surface area contributed by atoms with Gasteiger partial charge in [0.2, 0.25) is 0 Å². The fourth-order valence-corrected chi connectivity index (χ4v) is 2.22. The highest BCUT2D eigenvalue weighted by Crippen LogP contribution is 2.43. The molecule has 0 radical (unpaired) electrons. The van der Waals surface area contributed by atoms with Gasteiger partial charge in [-0.25, -0.2) is 0 Å². The fraction of sp³-hybridized carbons (Fsp3) is 0.571. The molecule has 2 rings (SSSR count). The number of nitrogens with zero attached hydrogens (tertiary/aromatic N) is 1. The number of carbonyl (C=O) groups is 1. The molecule has 9 heteroatoms. The number of ether oxygens (including phenoxy) is 1. The zero-order valence-electron chi connectivity index (χ0n) is 12.3. The van der Waals surface area contributed by atoms with Crippen molar-refractivity contribution in [1.29, 1.82) is 0 Å². The van der Waals surface area contributed by atoms with E-state index in [-0.39, 0.29) is 24.2 Å². The lowest BCUT2D eigenvalue weighted by molar-refractivity contribution is -0.261. The Hall–Kier alpha value is -1.71. The fourth-order valence-electron chi connectivity index (χ4n) is 2.22. The summed E-state index contributed by atoms with van der Waals surface area (Å²) in [5, 5.41) is 20.6. The summed E-state index contributed by atoms with van der Waals surface area (Å²) in [4.78, 5) is 15.8. The Morgan fingerprint density at radius 2 is 2.26 bits per heavy atom. The molecule has 1 aliphatic rings. The third-order valence-electron chi connectivity index (χ3n) is 3.75. The third-order valence-corrected chi connectivity index (χ3v) is 3.75. The SMILES string of the molecule is C[C@]1(C(F)(F)F)CCC(C(=O)Nc2ccc([C@@H](O)CO)nc2)O1. The minimum Gasteiger partial charge on any atom is -0.393 e.